The number of amides is 2. The Morgan fingerprint density at radius 1 is 1.07 bits per heavy atom. The van der Waals surface area contributed by atoms with Gasteiger partial charge in [0.1, 0.15) is 0 Å². The van der Waals surface area contributed by atoms with Crippen molar-refractivity contribution in [3.05, 3.63) is 59.7 Å². The molecular weight excluding hydrogens is 350 g/mol. The lowest BCUT2D eigenvalue weighted by atomic mass is 10.1. The van der Waals surface area contributed by atoms with E-state index in [4.69, 9.17) is 0 Å². The van der Waals surface area contributed by atoms with Gasteiger partial charge in [-0.05, 0) is 42.5 Å². The summed E-state index contributed by atoms with van der Waals surface area (Å²) >= 11 is 0. The molecule has 5 rings (SSSR count). The fourth-order valence-electron chi connectivity index (χ4n) is 4.44. The first-order valence-electron chi connectivity index (χ1n) is 10.2. The zero-order valence-corrected chi connectivity index (χ0v) is 15.9. The van der Waals surface area contributed by atoms with Crippen molar-refractivity contribution in [2.75, 3.05) is 23.3 Å². The number of hydrogen-bond acceptors (Lipinski definition) is 3. The molecule has 2 aromatic carbocycles. The Balaban J connectivity index is 1.29. The maximum Gasteiger partial charge on any atom is 0.229 e. The molecule has 0 aromatic heterocycles. The minimum absolute atomic E-state index is 0.0363. The highest BCUT2D eigenvalue weighted by molar-refractivity contribution is 5.97. The lowest BCUT2D eigenvalue weighted by Crippen LogP contribution is -2.30. The molecule has 1 aliphatic carbocycles. The fraction of sp³-hybridized carbons (Fsp3) is 0.391. The van der Waals surface area contributed by atoms with Crippen molar-refractivity contribution < 1.29 is 9.59 Å². The Morgan fingerprint density at radius 2 is 1.86 bits per heavy atom. The summed E-state index contributed by atoms with van der Waals surface area (Å²) in [5, 5.41) is 3.11. The molecule has 144 valence electrons. The van der Waals surface area contributed by atoms with E-state index in [9.17, 15) is 9.59 Å². The van der Waals surface area contributed by atoms with Crippen LogP contribution in [0.5, 0.6) is 0 Å². The van der Waals surface area contributed by atoms with Crippen LogP contribution in [0.25, 0.3) is 0 Å². The standard InChI is InChI=1S/C23H25N3O2/c27-22-13-18(15-26(22)19-9-10-19)23(28)24-20-7-3-1-6-17(20)14-25-12-11-16-5-2-4-8-21(16)25/h1-8,18-19H,9-15H2,(H,24,28)/t18-/m0/s1. The van der Waals surface area contributed by atoms with Crippen molar-refractivity contribution in [3.8, 4) is 0 Å². The van der Waals surface area contributed by atoms with E-state index in [0.29, 0.717) is 19.0 Å². The van der Waals surface area contributed by atoms with Crippen LogP contribution in [0, 0.1) is 5.92 Å². The maximum absolute atomic E-state index is 12.8. The first-order valence-corrected chi connectivity index (χ1v) is 10.2. The molecular formula is C23H25N3O2. The van der Waals surface area contributed by atoms with Gasteiger partial charge in [0.05, 0.1) is 5.92 Å². The number of rotatable bonds is 5. The van der Waals surface area contributed by atoms with Gasteiger partial charge in [-0.1, -0.05) is 36.4 Å². The van der Waals surface area contributed by atoms with Gasteiger partial charge >= 0.3 is 0 Å². The van der Waals surface area contributed by atoms with E-state index >= 15 is 0 Å². The Hall–Kier alpha value is -2.82. The molecule has 2 aliphatic heterocycles. The fourth-order valence-corrected chi connectivity index (χ4v) is 4.44. The third-order valence-electron chi connectivity index (χ3n) is 6.14. The molecule has 2 amide bonds. The third kappa shape index (κ3) is 3.26. The smallest absolute Gasteiger partial charge is 0.229 e. The van der Waals surface area contributed by atoms with Gasteiger partial charge in [-0.25, -0.2) is 0 Å². The van der Waals surface area contributed by atoms with E-state index in [2.05, 4.69) is 40.5 Å². The molecule has 0 radical (unpaired) electrons. The van der Waals surface area contributed by atoms with Crippen molar-refractivity contribution in [2.45, 2.75) is 38.3 Å². The number of para-hydroxylation sites is 2. The summed E-state index contributed by atoms with van der Waals surface area (Å²) in [5.74, 6) is -0.149. The van der Waals surface area contributed by atoms with E-state index < -0.39 is 0 Å². The second kappa shape index (κ2) is 6.97. The highest BCUT2D eigenvalue weighted by Gasteiger charge is 2.41. The molecule has 5 nitrogen and oxygen atoms in total. The van der Waals surface area contributed by atoms with Crippen molar-refractivity contribution in [1.29, 1.82) is 0 Å². The highest BCUT2D eigenvalue weighted by Crippen LogP contribution is 2.34. The molecule has 1 saturated heterocycles. The predicted octanol–water partition coefficient (Wildman–Crippen LogP) is 3.20. The van der Waals surface area contributed by atoms with Gasteiger partial charge in [0.2, 0.25) is 11.8 Å². The molecule has 0 bridgehead atoms. The average molecular weight is 375 g/mol. The number of carbonyl (C=O) groups is 2. The van der Waals surface area contributed by atoms with Crippen LogP contribution < -0.4 is 10.2 Å². The number of nitrogens with one attached hydrogen (secondary N) is 1. The van der Waals surface area contributed by atoms with Crippen LogP contribution in [-0.4, -0.2) is 35.8 Å². The quantitative estimate of drug-likeness (QED) is 0.873. The van der Waals surface area contributed by atoms with Gasteiger partial charge in [-0.15, -0.1) is 0 Å². The van der Waals surface area contributed by atoms with E-state index in [1.807, 2.05) is 23.1 Å². The van der Waals surface area contributed by atoms with E-state index in [1.165, 1.54) is 11.3 Å². The van der Waals surface area contributed by atoms with Crippen LogP contribution >= 0.6 is 0 Å². The molecule has 1 N–H and O–H groups in total. The Labute approximate surface area is 165 Å². The first kappa shape index (κ1) is 17.3. The number of carbonyl (C=O) groups excluding carboxylic acids is 2. The van der Waals surface area contributed by atoms with Crippen molar-refractivity contribution >= 4 is 23.2 Å². The molecule has 2 aromatic rings. The third-order valence-corrected chi connectivity index (χ3v) is 6.14. The van der Waals surface area contributed by atoms with E-state index in [0.717, 1.165) is 43.6 Å². The monoisotopic (exact) mass is 375 g/mol. The first-order chi connectivity index (χ1) is 13.7. The summed E-state index contributed by atoms with van der Waals surface area (Å²) in [6.07, 6.45) is 3.57. The maximum atomic E-state index is 12.8. The molecule has 3 aliphatic rings. The van der Waals surface area contributed by atoms with Crippen molar-refractivity contribution in [1.82, 2.24) is 4.90 Å². The van der Waals surface area contributed by atoms with Gasteiger partial charge in [-0.2, -0.15) is 0 Å². The zero-order valence-electron chi connectivity index (χ0n) is 15.9. The molecule has 1 atom stereocenters. The molecule has 5 heteroatoms. The van der Waals surface area contributed by atoms with Crippen molar-refractivity contribution in [3.63, 3.8) is 0 Å². The van der Waals surface area contributed by atoms with E-state index in [-0.39, 0.29) is 17.7 Å². The number of hydrogen-bond donors (Lipinski definition) is 1. The summed E-state index contributed by atoms with van der Waals surface area (Å²) in [6.45, 7) is 2.33. The largest absolute Gasteiger partial charge is 0.367 e. The average Bonchev–Trinajstić information content (AvgIpc) is 3.36. The minimum atomic E-state index is -0.242. The zero-order chi connectivity index (χ0) is 19.1. The molecule has 2 heterocycles. The number of anilines is 2. The molecule has 0 spiro atoms. The van der Waals surface area contributed by atoms with Crippen LogP contribution in [0.4, 0.5) is 11.4 Å². The molecule has 1 saturated carbocycles. The molecule has 28 heavy (non-hydrogen) atoms. The van der Waals surface area contributed by atoms with Crippen LogP contribution in [0.15, 0.2) is 48.5 Å². The summed E-state index contributed by atoms with van der Waals surface area (Å²) in [4.78, 5) is 29.3. The van der Waals surface area contributed by atoms with Gasteiger partial charge in [0, 0.05) is 43.5 Å². The number of benzene rings is 2. The van der Waals surface area contributed by atoms with Crippen molar-refractivity contribution in [2.24, 2.45) is 5.92 Å². The SMILES string of the molecule is O=C(Nc1ccccc1CN1CCc2ccccc21)[C@H]1CC(=O)N(C2CC2)C1. The number of fused-ring (bicyclic) bond motifs is 1. The Kier molecular flexibility index (Phi) is 4.30. The minimum Gasteiger partial charge on any atom is -0.367 e. The Morgan fingerprint density at radius 3 is 2.71 bits per heavy atom. The Bertz CT molecular complexity index is 922. The summed E-state index contributed by atoms with van der Waals surface area (Å²) in [7, 11) is 0. The number of nitrogens with zero attached hydrogens (tertiary/aromatic N) is 2. The molecule has 2 fully saturated rings. The van der Waals surface area contributed by atoms with Gasteiger partial charge in [0.15, 0.2) is 0 Å². The topological polar surface area (TPSA) is 52.7 Å². The summed E-state index contributed by atoms with van der Waals surface area (Å²) in [5.41, 5.74) is 4.63. The van der Waals surface area contributed by atoms with Gasteiger partial charge in [0.25, 0.3) is 0 Å². The van der Waals surface area contributed by atoms with Gasteiger partial charge < -0.3 is 15.1 Å². The normalized spacial score (nSPS) is 21.1. The van der Waals surface area contributed by atoms with Crippen LogP contribution in [0.2, 0.25) is 0 Å². The number of likely N-dealkylation sites (tertiary alicyclic amines) is 1. The summed E-state index contributed by atoms with van der Waals surface area (Å²) in [6, 6.07) is 16.9. The predicted molar refractivity (Wildman–Crippen MR) is 109 cm³/mol. The van der Waals surface area contributed by atoms with Crippen LogP contribution in [-0.2, 0) is 22.6 Å². The second-order valence-corrected chi connectivity index (χ2v) is 8.12. The molecule has 0 unspecified atom stereocenters. The lowest BCUT2D eigenvalue weighted by Gasteiger charge is -2.22. The van der Waals surface area contributed by atoms with Crippen LogP contribution in [0.1, 0.15) is 30.4 Å². The highest BCUT2D eigenvalue weighted by atomic mass is 16.2. The van der Waals surface area contributed by atoms with E-state index in [1.54, 1.807) is 0 Å². The lowest BCUT2D eigenvalue weighted by molar-refractivity contribution is -0.128. The summed E-state index contributed by atoms with van der Waals surface area (Å²) < 4.78 is 0. The second-order valence-electron chi connectivity index (χ2n) is 8.12. The van der Waals surface area contributed by atoms with Gasteiger partial charge in [-0.3, -0.25) is 9.59 Å². The van der Waals surface area contributed by atoms with Crippen LogP contribution in [0.3, 0.4) is 0 Å².